The molecule has 292 valence electrons. The van der Waals surface area contributed by atoms with Crippen molar-refractivity contribution >= 4 is 78.3 Å². The monoisotopic (exact) mass is 876 g/mol. The average Bonchev–Trinajstić information content (AvgIpc) is 3.68. The van der Waals surface area contributed by atoms with Crippen LogP contribution in [0.4, 0.5) is 0 Å². The van der Waals surface area contributed by atoms with Crippen molar-refractivity contribution in [3.05, 3.63) is 138 Å². The van der Waals surface area contributed by atoms with Gasteiger partial charge in [0.1, 0.15) is 0 Å². The lowest BCUT2D eigenvalue weighted by atomic mass is 10.2. The lowest BCUT2D eigenvalue weighted by molar-refractivity contribution is 0.0967. The smallest absolute Gasteiger partial charge is 0.266 e. The van der Waals surface area contributed by atoms with Crippen molar-refractivity contribution < 1.29 is 26.4 Å². The molecule has 0 saturated carbocycles. The maximum atomic E-state index is 12.6. The first kappa shape index (κ1) is 42.3. The molecule has 0 atom stereocenters. The number of amides is 2. The first-order chi connectivity index (χ1) is 26.2. The number of aryl methyl sites for hydroxylation is 4. The minimum absolute atomic E-state index is 0.0339. The molecular formula is C36H32Cl4N8O6S2. The second kappa shape index (κ2) is 16.7. The first-order valence-electron chi connectivity index (χ1n) is 16.2. The van der Waals surface area contributed by atoms with Gasteiger partial charge in [-0.05, 0) is 112 Å². The van der Waals surface area contributed by atoms with Crippen LogP contribution in [0, 0.1) is 41.5 Å². The van der Waals surface area contributed by atoms with E-state index >= 15 is 0 Å². The van der Waals surface area contributed by atoms with Gasteiger partial charge >= 0.3 is 0 Å². The number of sulfonamides is 2. The van der Waals surface area contributed by atoms with Crippen molar-refractivity contribution in [3.8, 4) is 11.4 Å². The zero-order chi connectivity index (χ0) is 41.3. The SMILES string of the molecule is Cc1ccc(C)c(S(=O)(=O)NC(=O)c2nnn(-c3ccc(Cl)cc3Cl)c2C)c1.Cc1ccc(C)c(S(=O)(=O)NC(=O)c2nnn(-c3ccc(Cl)cc3Cl)c2C)c1. The Labute approximate surface area is 342 Å². The Morgan fingerprint density at radius 3 is 1.23 bits per heavy atom. The number of aromatic nitrogens is 6. The maximum Gasteiger partial charge on any atom is 0.287 e. The molecule has 2 heterocycles. The fourth-order valence-electron chi connectivity index (χ4n) is 5.29. The van der Waals surface area contributed by atoms with Gasteiger partial charge in [0.25, 0.3) is 31.9 Å². The lowest BCUT2D eigenvalue weighted by Gasteiger charge is -2.10. The minimum Gasteiger partial charge on any atom is -0.266 e. The van der Waals surface area contributed by atoms with Crippen molar-refractivity contribution in [1.29, 1.82) is 0 Å². The van der Waals surface area contributed by atoms with Crippen LogP contribution < -0.4 is 9.44 Å². The summed E-state index contributed by atoms with van der Waals surface area (Å²) < 4.78 is 57.4. The summed E-state index contributed by atoms with van der Waals surface area (Å²) >= 11 is 24.1. The number of benzene rings is 4. The number of carbonyl (C=O) groups is 2. The van der Waals surface area contributed by atoms with E-state index < -0.39 is 31.9 Å². The van der Waals surface area contributed by atoms with E-state index in [1.807, 2.05) is 9.44 Å². The van der Waals surface area contributed by atoms with E-state index in [0.29, 0.717) is 54.0 Å². The quantitative estimate of drug-likeness (QED) is 0.158. The van der Waals surface area contributed by atoms with Crippen molar-refractivity contribution in [2.75, 3.05) is 0 Å². The van der Waals surface area contributed by atoms with Crippen LogP contribution in [-0.2, 0) is 20.0 Å². The molecule has 0 bridgehead atoms. The molecule has 0 fully saturated rings. The zero-order valence-corrected chi connectivity index (χ0v) is 35.0. The van der Waals surface area contributed by atoms with Crippen LogP contribution in [0.2, 0.25) is 20.1 Å². The largest absolute Gasteiger partial charge is 0.287 e. The summed E-state index contributed by atoms with van der Waals surface area (Å²) in [6.45, 7) is 10.0. The predicted octanol–water partition coefficient (Wildman–Crippen LogP) is 7.24. The topological polar surface area (TPSA) is 188 Å². The summed E-state index contributed by atoms with van der Waals surface area (Å²) in [4.78, 5) is 25.2. The predicted molar refractivity (Wildman–Crippen MR) is 213 cm³/mol. The van der Waals surface area contributed by atoms with Gasteiger partial charge in [-0.3, -0.25) is 9.59 Å². The number of nitrogens with zero attached hydrogens (tertiary/aromatic N) is 6. The number of carbonyl (C=O) groups excluding carboxylic acids is 2. The fraction of sp³-hybridized carbons (Fsp3) is 0.167. The first-order valence-corrected chi connectivity index (χ1v) is 20.7. The molecular weight excluding hydrogens is 846 g/mol. The standard InChI is InChI=1S/2C18H16Cl2N4O3S/c2*1-10-4-5-11(2)16(8-10)28(26,27)22-18(25)17-12(3)24(23-21-17)15-7-6-13(19)9-14(15)20/h2*4-9H,1-3H3,(H,22,25). The summed E-state index contributed by atoms with van der Waals surface area (Å²) in [6.07, 6.45) is 0. The maximum absolute atomic E-state index is 12.6. The molecule has 2 amide bonds. The highest BCUT2D eigenvalue weighted by molar-refractivity contribution is 7.90. The summed E-state index contributed by atoms with van der Waals surface area (Å²) in [5, 5.41) is 17.0. The molecule has 0 radical (unpaired) electrons. The third kappa shape index (κ3) is 9.23. The summed E-state index contributed by atoms with van der Waals surface area (Å²) in [7, 11) is -8.13. The van der Waals surface area contributed by atoms with Gasteiger partial charge in [0, 0.05) is 10.0 Å². The average molecular weight is 879 g/mol. The molecule has 0 unspecified atom stereocenters. The fourth-order valence-corrected chi connectivity index (χ4v) is 8.83. The Kier molecular flexibility index (Phi) is 12.6. The number of hydrogen-bond acceptors (Lipinski definition) is 10. The van der Waals surface area contributed by atoms with Crippen LogP contribution >= 0.6 is 46.4 Å². The third-order valence-corrected chi connectivity index (χ3v) is 12.2. The molecule has 20 heteroatoms. The molecule has 6 rings (SSSR count). The summed E-state index contributed by atoms with van der Waals surface area (Å²) in [6, 6.07) is 19.5. The molecule has 0 aliphatic carbocycles. The molecule has 0 spiro atoms. The molecule has 2 aromatic heterocycles. The van der Waals surface area contributed by atoms with E-state index in [2.05, 4.69) is 20.6 Å². The number of halogens is 4. The Hall–Kier alpha value is -4.84. The van der Waals surface area contributed by atoms with Gasteiger partial charge < -0.3 is 0 Å². The second-order valence-corrected chi connectivity index (χ2v) is 17.5. The van der Waals surface area contributed by atoms with Gasteiger partial charge in [0.2, 0.25) is 0 Å². The van der Waals surface area contributed by atoms with Crippen LogP contribution in [0.5, 0.6) is 0 Å². The Bertz CT molecular complexity index is 2570. The minimum atomic E-state index is -4.07. The van der Waals surface area contributed by atoms with E-state index in [0.717, 1.165) is 11.1 Å². The Balaban J connectivity index is 0.000000214. The van der Waals surface area contributed by atoms with Crippen molar-refractivity contribution in [1.82, 2.24) is 39.4 Å². The number of nitrogens with one attached hydrogen (secondary N) is 2. The van der Waals surface area contributed by atoms with Gasteiger partial charge in [0.05, 0.1) is 42.6 Å². The van der Waals surface area contributed by atoms with E-state index in [1.54, 1.807) is 90.1 Å². The van der Waals surface area contributed by atoms with E-state index in [4.69, 9.17) is 46.4 Å². The summed E-state index contributed by atoms with van der Waals surface area (Å²) in [5.74, 6) is -1.76. The van der Waals surface area contributed by atoms with Crippen molar-refractivity contribution in [3.63, 3.8) is 0 Å². The molecule has 4 aromatic carbocycles. The van der Waals surface area contributed by atoms with Crippen LogP contribution in [-0.4, -0.2) is 58.6 Å². The molecule has 2 N–H and O–H groups in total. The van der Waals surface area contributed by atoms with Crippen LogP contribution in [0.25, 0.3) is 11.4 Å². The van der Waals surface area contributed by atoms with Gasteiger partial charge in [-0.2, -0.15) is 0 Å². The van der Waals surface area contributed by atoms with Crippen LogP contribution in [0.3, 0.4) is 0 Å². The number of rotatable bonds is 8. The van der Waals surface area contributed by atoms with Gasteiger partial charge in [0.15, 0.2) is 11.4 Å². The molecule has 14 nitrogen and oxygen atoms in total. The van der Waals surface area contributed by atoms with Crippen LogP contribution in [0.1, 0.15) is 54.6 Å². The number of hydrogen-bond donors (Lipinski definition) is 2. The molecule has 0 aliphatic rings. The van der Waals surface area contributed by atoms with Crippen molar-refractivity contribution in [2.24, 2.45) is 0 Å². The van der Waals surface area contributed by atoms with E-state index in [-0.39, 0.29) is 21.2 Å². The van der Waals surface area contributed by atoms with Crippen LogP contribution in [0.15, 0.2) is 82.6 Å². The Morgan fingerprint density at radius 1 is 0.536 bits per heavy atom. The molecule has 6 aromatic rings. The molecule has 0 saturated heterocycles. The normalized spacial score (nSPS) is 11.5. The lowest BCUT2D eigenvalue weighted by Crippen LogP contribution is -2.32. The van der Waals surface area contributed by atoms with E-state index in [9.17, 15) is 26.4 Å². The Morgan fingerprint density at radius 2 is 0.893 bits per heavy atom. The summed E-state index contributed by atoms with van der Waals surface area (Å²) in [5.41, 5.74) is 3.92. The van der Waals surface area contributed by atoms with Gasteiger partial charge in [-0.15, -0.1) is 10.2 Å². The third-order valence-electron chi connectivity index (χ3n) is 8.22. The van der Waals surface area contributed by atoms with Crippen molar-refractivity contribution in [2.45, 2.75) is 51.3 Å². The zero-order valence-electron chi connectivity index (χ0n) is 30.4. The van der Waals surface area contributed by atoms with Gasteiger partial charge in [-0.25, -0.2) is 35.6 Å². The molecule has 56 heavy (non-hydrogen) atoms. The highest BCUT2D eigenvalue weighted by atomic mass is 35.5. The van der Waals surface area contributed by atoms with Gasteiger partial charge in [-0.1, -0.05) is 81.1 Å². The second-order valence-electron chi connectivity index (χ2n) is 12.5. The highest BCUT2D eigenvalue weighted by Gasteiger charge is 2.27. The highest BCUT2D eigenvalue weighted by Crippen LogP contribution is 2.27. The van der Waals surface area contributed by atoms with E-state index in [1.165, 1.54) is 33.6 Å². The molecule has 0 aliphatic heterocycles.